The molecule has 4 aliphatic carbocycles. The molecule has 0 saturated carbocycles. The summed E-state index contributed by atoms with van der Waals surface area (Å²) in [5.74, 6) is 0. The second kappa shape index (κ2) is 5.39. The molecule has 0 heteroatoms. The lowest BCUT2D eigenvalue weighted by atomic mass is 9.97. The van der Waals surface area contributed by atoms with Crippen molar-refractivity contribution in [3.8, 4) is 0 Å². The number of benzene rings is 2. The van der Waals surface area contributed by atoms with Crippen LogP contribution >= 0.6 is 0 Å². The summed E-state index contributed by atoms with van der Waals surface area (Å²) < 4.78 is 0. The van der Waals surface area contributed by atoms with E-state index in [0.29, 0.717) is 0 Å². The number of hydrogen-bond acceptors (Lipinski definition) is 0. The molecule has 0 N–H and O–H groups in total. The fraction of sp³-hybridized carbons (Fsp3) is 0.333. The van der Waals surface area contributed by atoms with Crippen molar-refractivity contribution in [1.82, 2.24) is 0 Å². The summed E-state index contributed by atoms with van der Waals surface area (Å²) in [5, 5.41) is 0. The van der Waals surface area contributed by atoms with Crippen LogP contribution in [0.5, 0.6) is 0 Å². The summed E-state index contributed by atoms with van der Waals surface area (Å²) >= 11 is 0. The molecule has 18 heavy (non-hydrogen) atoms. The van der Waals surface area contributed by atoms with Gasteiger partial charge < -0.3 is 0 Å². The van der Waals surface area contributed by atoms with E-state index in [1.807, 2.05) is 0 Å². The third-order valence-corrected chi connectivity index (χ3v) is 3.91. The molecule has 2 aromatic rings. The SMILES string of the molecule is c1cc2ccc1CCCc1ccc(cc1)CCC2. The maximum Gasteiger partial charge on any atom is -0.0276 e. The number of hydrogen-bond donors (Lipinski definition) is 0. The maximum atomic E-state index is 2.31. The Bertz CT molecular complexity index is 395. The zero-order valence-electron chi connectivity index (χ0n) is 10.9. The Morgan fingerprint density at radius 2 is 0.611 bits per heavy atom. The van der Waals surface area contributed by atoms with Gasteiger partial charge in [0.05, 0.1) is 0 Å². The molecule has 2 aromatic carbocycles. The van der Waals surface area contributed by atoms with E-state index in [-0.39, 0.29) is 0 Å². The van der Waals surface area contributed by atoms with Crippen LogP contribution in [-0.2, 0) is 25.7 Å². The van der Waals surface area contributed by atoms with Gasteiger partial charge in [-0.05, 0) is 60.8 Å². The summed E-state index contributed by atoms with van der Waals surface area (Å²) in [6.45, 7) is 0. The van der Waals surface area contributed by atoms with E-state index >= 15 is 0 Å². The Morgan fingerprint density at radius 3 is 0.833 bits per heavy atom. The summed E-state index contributed by atoms with van der Waals surface area (Å²) in [7, 11) is 0. The molecule has 92 valence electrons. The van der Waals surface area contributed by atoms with Crippen LogP contribution in [0.25, 0.3) is 0 Å². The lowest BCUT2D eigenvalue weighted by Gasteiger charge is -2.08. The lowest BCUT2D eigenvalue weighted by molar-refractivity contribution is 0.800. The molecule has 0 atom stereocenters. The Labute approximate surface area is 110 Å². The van der Waals surface area contributed by atoms with Crippen LogP contribution in [0, 0.1) is 0 Å². The van der Waals surface area contributed by atoms with Gasteiger partial charge in [0.1, 0.15) is 0 Å². The van der Waals surface area contributed by atoms with Gasteiger partial charge in [-0.25, -0.2) is 0 Å². The summed E-state index contributed by atoms with van der Waals surface area (Å²) in [4.78, 5) is 0. The van der Waals surface area contributed by atoms with Crippen molar-refractivity contribution in [3.63, 3.8) is 0 Å². The normalized spacial score (nSPS) is 15.6. The monoisotopic (exact) mass is 236 g/mol. The Balaban J connectivity index is 1.82. The molecule has 0 amide bonds. The van der Waals surface area contributed by atoms with Crippen molar-refractivity contribution in [3.05, 3.63) is 70.8 Å². The summed E-state index contributed by atoms with van der Waals surface area (Å²) in [6, 6.07) is 18.5. The zero-order chi connectivity index (χ0) is 12.2. The highest BCUT2D eigenvalue weighted by atomic mass is 14.1. The van der Waals surface area contributed by atoms with Crippen molar-refractivity contribution in [1.29, 1.82) is 0 Å². The first-order chi connectivity index (χ1) is 8.90. The highest BCUT2D eigenvalue weighted by Crippen LogP contribution is 2.15. The molecule has 0 radical (unpaired) electrons. The molecule has 4 bridgehead atoms. The number of rotatable bonds is 0. The first kappa shape index (κ1) is 11.5. The van der Waals surface area contributed by atoms with Gasteiger partial charge >= 0.3 is 0 Å². The predicted octanol–water partition coefficient (Wildman–Crippen LogP) is 4.35. The molecule has 0 unspecified atom stereocenters. The van der Waals surface area contributed by atoms with Gasteiger partial charge in [0.15, 0.2) is 0 Å². The van der Waals surface area contributed by atoms with Crippen LogP contribution in [-0.4, -0.2) is 0 Å². The van der Waals surface area contributed by atoms with Crippen LogP contribution in [0.4, 0.5) is 0 Å². The minimum absolute atomic E-state index is 1.20. The Kier molecular flexibility index (Phi) is 3.45. The molecule has 0 heterocycles. The van der Waals surface area contributed by atoms with Gasteiger partial charge in [-0.2, -0.15) is 0 Å². The van der Waals surface area contributed by atoms with Crippen LogP contribution in [0.3, 0.4) is 0 Å². The van der Waals surface area contributed by atoms with Crippen molar-refractivity contribution < 1.29 is 0 Å². The summed E-state index contributed by atoms with van der Waals surface area (Å²) in [6.07, 6.45) is 7.28. The molecule has 0 aliphatic heterocycles. The first-order valence-electron chi connectivity index (χ1n) is 7.06. The topological polar surface area (TPSA) is 0 Å². The van der Waals surface area contributed by atoms with Gasteiger partial charge in [0, 0.05) is 0 Å². The fourth-order valence-electron chi connectivity index (χ4n) is 2.74. The highest BCUT2D eigenvalue weighted by Gasteiger charge is 2.01. The second-order valence-corrected chi connectivity index (χ2v) is 5.34. The maximum absolute atomic E-state index is 2.31. The molecule has 0 aromatic heterocycles. The Morgan fingerprint density at radius 1 is 0.389 bits per heavy atom. The molecule has 0 nitrogen and oxygen atoms in total. The van der Waals surface area contributed by atoms with Gasteiger partial charge in [-0.1, -0.05) is 48.5 Å². The van der Waals surface area contributed by atoms with Crippen molar-refractivity contribution in [2.75, 3.05) is 0 Å². The minimum atomic E-state index is 1.20. The molecular formula is C18H20. The van der Waals surface area contributed by atoms with E-state index < -0.39 is 0 Å². The lowest BCUT2D eigenvalue weighted by Crippen LogP contribution is -1.95. The third kappa shape index (κ3) is 2.81. The van der Waals surface area contributed by atoms with Crippen LogP contribution in [0.1, 0.15) is 35.1 Å². The fourth-order valence-corrected chi connectivity index (χ4v) is 2.74. The molecule has 4 aliphatic rings. The largest absolute Gasteiger partial charge is 0.0588 e. The molecule has 0 spiro atoms. The molecule has 6 rings (SSSR count). The van der Waals surface area contributed by atoms with E-state index in [1.54, 1.807) is 0 Å². The van der Waals surface area contributed by atoms with E-state index in [0.717, 1.165) is 0 Å². The van der Waals surface area contributed by atoms with E-state index in [2.05, 4.69) is 48.5 Å². The number of aryl methyl sites for hydroxylation is 4. The van der Waals surface area contributed by atoms with E-state index in [1.165, 1.54) is 60.8 Å². The highest BCUT2D eigenvalue weighted by molar-refractivity contribution is 5.26. The van der Waals surface area contributed by atoms with Gasteiger partial charge in [0.2, 0.25) is 0 Å². The molecule has 0 saturated heterocycles. The van der Waals surface area contributed by atoms with E-state index in [9.17, 15) is 0 Å². The average molecular weight is 236 g/mol. The zero-order valence-corrected chi connectivity index (χ0v) is 10.9. The smallest absolute Gasteiger partial charge is 0.0276 e. The average Bonchev–Trinajstić information content (AvgIpc) is 2.43. The van der Waals surface area contributed by atoms with Crippen molar-refractivity contribution in [2.45, 2.75) is 38.5 Å². The quantitative estimate of drug-likeness (QED) is 0.638. The third-order valence-electron chi connectivity index (χ3n) is 3.91. The van der Waals surface area contributed by atoms with E-state index in [4.69, 9.17) is 0 Å². The van der Waals surface area contributed by atoms with Gasteiger partial charge in [-0.3, -0.25) is 0 Å². The predicted molar refractivity (Wildman–Crippen MR) is 76.9 cm³/mol. The van der Waals surface area contributed by atoms with Crippen LogP contribution < -0.4 is 0 Å². The van der Waals surface area contributed by atoms with Gasteiger partial charge in [0.25, 0.3) is 0 Å². The summed E-state index contributed by atoms with van der Waals surface area (Å²) in [5.41, 5.74) is 5.92. The van der Waals surface area contributed by atoms with Crippen LogP contribution in [0.15, 0.2) is 48.5 Å². The van der Waals surface area contributed by atoms with Crippen molar-refractivity contribution in [2.24, 2.45) is 0 Å². The van der Waals surface area contributed by atoms with Crippen LogP contribution in [0.2, 0.25) is 0 Å². The Hall–Kier alpha value is -1.56. The first-order valence-corrected chi connectivity index (χ1v) is 7.06. The standard InChI is InChI=1S/C18H20/c1-3-15-7-11-17(12-8-15)5-2-6-18-13-9-16(4-1)10-14-18/h7-14H,1-6H2. The van der Waals surface area contributed by atoms with Gasteiger partial charge in [-0.15, -0.1) is 0 Å². The second-order valence-electron chi connectivity index (χ2n) is 5.34. The molecular weight excluding hydrogens is 216 g/mol. The molecule has 0 fully saturated rings. The minimum Gasteiger partial charge on any atom is -0.0588 e. The van der Waals surface area contributed by atoms with Crippen molar-refractivity contribution >= 4 is 0 Å².